The van der Waals surface area contributed by atoms with Gasteiger partial charge in [-0.1, -0.05) is 0 Å². The second-order valence-electron chi connectivity index (χ2n) is 6.48. The van der Waals surface area contributed by atoms with Gasteiger partial charge in [0.25, 0.3) is 0 Å². The van der Waals surface area contributed by atoms with Crippen LogP contribution in [-0.2, 0) is 14.3 Å². The molecule has 3 unspecified atom stereocenters. The van der Waals surface area contributed by atoms with Gasteiger partial charge in [-0.25, -0.2) is 0 Å². The van der Waals surface area contributed by atoms with Gasteiger partial charge in [-0.15, -0.1) is 0 Å². The molecular formula is C15H28N2O3. The molecule has 1 heterocycles. The summed E-state index contributed by atoms with van der Waals surface area (Å²) in [7, 11) is 1.47. The van der Waals surface area contributed by atoms with E-state index in [4.69, 9.17) is 9.47 Å². The van der Waals surface area contributed by atoms with Gasteiger partial charge in [0.05, 0.1) is 19.8 Å². The van der Waals surface area contributed by atoms with Crippen molar-refractivity contribution >= 4 is 5.97 Å². The lowest BCUT2D eigenvalue weighted by molar-refractivity contribution is -0.148. The minimum Gasteiger partial charge on any atom is -0.468 e. The maximum Gasteiger partial charge on any atom is 0.325 e. The van der Waals surface area contributed by atoms with Gasteiger partial charge in [-0.05, 0) is 40.0 Å². The second kappa shape index (κ2) is 6.41. The molecule has 1 N–H and O–H groups in total. The molecule has 0 aromatic rings. The maximum absolute atomic E-state index is 12.1. The van der Waals surface area contributed by atoms with Crippen LogP contribution in [0.2, 0.25) is 0 Å². The molecule has 20 heavy (non-hydrogen) atoms. The van der Waals surface area contributed by atoms with Crippen molar-refractivity contribution in [3.63, 3.8) is 0 Å². The molecule has 0 bridgehead atoms. The molecule has 2 fully saturated rings. The van der Waals surface area contributed by atoms with Crippen molar-refractivity contribution in [3.8, 4) is 0 Å². The van der Waals surface area contributed by atoms with Crippen molar-refractivity contribution in [1.82, 2.24) is 10.2 Å². The fourth-order valence-corrected chi connectivity index (χ4v) is 2.79. The molecule has 0 radical (unpaired) electrons. The van der Waals surface area contributed by atoms with Gasteiger partial charge < -0.3 is 9.47 Å². The summed E-state index contributed by atoms with van der Waals surface area (Å²) in [6, 6.07) is 0.897. The number of ether oxygens (including phenoxy) is 2. The van der Waals surface area contributed by atoms with Crippen LogP contribution in [-0.4, -0.2) is 61.4 Å². The molecule has 1 aliphatic heterocycles. The Bertz CT molecular complexity index is 346. The molecular weight excluding hydrogens is 256 g/mol. The van der Waals surface area contributed by atoms with Gasteiger partial charge in [-0.3, -0.25) is 15.0 Å². The molecule has 0 aromatic heterocycles. The SMILES string of the molecule is COC(=O)C(C)(CCN1CC(C)OCC1C)NC1CC1. The number of nitrogens with one attached hydrogen (secondary N) is 1. The summed E-state index contributed by atoms with van der Waals surface area (Å²) in [5.74, 6) is -0.154. The van der Waals surface area contributed by atoms with Crippen molar-refractivity contribution in [2.75, 3.05) is 26.8 Å². The van der Waals surface area contributed by atoms with E-state index in [-0.39, 0.29) is 12.1 Å². The van der Waals surface area contributed by atoms with Gasteiger partial charge in [-0.2, -0.15) is 0 Å². The standard InChI is InChI=1S/C15H28N2O3/c1-11-10-20-12(2)9-17(11)8-7-15(3,14(18)19-4)16-13-5-6-13/h11-13,16H,5-10H2,1-4H3. The van der Waals surface area contributed by atoms with Crippen LogP contribution in [0.3, 0.4) is 0 Å². The average molecular weight is 284 g/mol. The van der Waals surface area contributed by atoms with E-state index in [0.29, 0.717) is 12.1 Å². The lowest BCUT2D eigenvalue weighted by Gasteiger charge is -2.39. The zero-order valence-electron chi connectivity index (χ0n) is 13.1. The number of nitrogens with zero attached hydrogens (tertiary/aromatic N) is 1. The van der Waals surface area contributed by atoms with Crippen molar-refractivity contribution in [2.24, 2.45) is 0 Å². The zero-order chi connectivity index (χ0) is 14.8. The van der Waals surface area contributed by atoms with Crippen LogP contribution in [0.5, 0.6) is 0 Å². The third-order valence-electron chi connectivity index (χ3n) is 4.37. The lowest BCUT2D eigenvalue weighted by atomic mass is 9.96. The van der Waals surface area contributed by atoms with E-state index >= 15 is 0 Å². The molecule has 1 aliphatic carbocycles. The average Bonchev–Trinajstić information content (AvgIpc) is 3.22. The third kappa shape index (κ3) is 3.93. The number of methoxy groups -OCH3 is 1. The molecule has 2 aliphatic rings. The highest BCUT2D eigenvalue weighted by Crippen LogP contribution is 2.25. The Hall–Kier alpha value is -0.650. The van der Waals surface area contributed by atoms with Crippen LogP contribution in [0.1, 0.15) is 40.0 Å². The van der Waals surface area contributed by atoms with E-state index < -0.39 is 5.54 Å². The minimum atomic E-state index is -0.572. The number of carbonyl (C=O) groups is 1. The summed E-state index contributed by atoms with van der Waals surface area (Å²) in [6.07, 6.45) is 3.37. The Morgan fingerprint density at radius 3 is 2.75 bits per heavy atom. The number of hydrogen-bond acceptors (Lipinski definition) is 5. The summed E-state index contributed by atoms with van der Waals surface area (Å²) in [6.45, 7) is 8.83. The fourth-order valence-electron chi connectivity index (χ4n) is 2.79. The maximum atomic E-state index is 12.1. The Morgan fingerprint density at radius 2 is 2.15 bits per heavy atom. The molecule has 2 rings (SSSR count). The molecule has 1 saturated carbocycles. The Labute approximate surface area is 122 Å². The van der Waals surface area contributed by atoms with Crippen LogP contribution in [0.25, 0.3) is 0 Å². The van der Waals surface area contributed by atoms with Crippen LogP contribution in [0.4, 0.5) is 0 Å². The number of carbonyl (C=O) groups excluding carboxylic acids is 1. The van der Waals surface area contributed by atoms with Crippen LogP contribution < -0.4 is 5.32 Å². The summed E-state index contributed by atoms with van der Waals surface area (Å²) >= 11 is 0. The van der Waals surface area contributed by atoms with Gasteiger partial charge in [0, 0.05) is 25.2 Å². The molecule has 3 atom stereocenters. The number of hydrogen-bond donors (Lipinski definition) is 1. The Morgan fingerprint density at radius 1 is 1.45 bits per heavy atom. The molecule has 116 valence electrons. The molecule has 5 heteroatoms. The summed E-state index contributed by atoms with van der Waals surface area (Å²) in [5.41, 5.74) is -0.572. The van der Waals surface area contributed by atoms with Gasteiger partial charge in [0.1, 0.15) is 5.54 Å². The highest BCUT2D eigenvalue weighted by Gasteiger charge is 2.40. The van der Waals surface area contributed by atoms with Crippen molar-refractivity contribution in [3.05, 3.63) is 0 Å². The first kappa shape index (κ1) is 15.7. The van der Waals surface area contributed by atoms with Gasteiger partial charge >= 0.3 is 5.97 Å². The summed E-state index contributed by atoms with van der Waals surface area (Å²) in [4.78, 5) is 14.5. The minimum absolute atomic E-state index is 0.154. The smallest absolute Gasteiger partial charge is 0.325 e. The monoisotopic (exact) mass is 284 g/mol. The number of morpholine rings is 1. The van der Waals surface area contributed by atoms with Crippen molar-refractivity contribution in [2.45, 2.75) is 63.8 Å². The summed E-state index contributed by atoms with van der Waals surface area (Å²) < 4.78 is 10.6. The Balaban J connectivity index is 1.91. The lowest BCUT2D eigenvalue weighted by Crippen LogP contribution is -2.55. The van der Waals surface area contributed by atoms with Crippen LogP contribution in [0.15, 0.2) is 0 Å². The van der Waals surface area contributed by atoms with Crippen LogP contribution in [0, 0.1) is 0 Å². The molecule has 5 nitrogen and oxygen atoms in total. The number of esters is 1. The number of rotatable bonds is 6. The van der Waals surface area contributed by atoms with Gasteiger partial charge in [0.15, 0.2) is 0 Å². The van der Waals surface area contributed by atoms with E-state index in [1.165, 1.54) is 7.11 Å². The van der Waals surface area contributed by atoms with Crippen LogP contribution >= 0.6 is 0 Å². The topological polar surface area (TPSA) is 50.8 Å². The van der Waals surface area contributed by atoms with E-state index in [2.05, 4.69) is 24.1 Å². The predicted molar refractivity (Wildman–Crippen MR) is 77.6 cm³/mol. The fraction of sp³-hybridized carbons (Fsp3) is 0.933. The molecule has 0 amide bonds. The first-order chi connectivity index (χ1) is 9.44. The van der Waals surface area contributed by atoms with E-state index in [9.17, 15) is 4.79 Å². The second-order valence-corrected chi connectivity index (χ2v) is 6.48. The zero-order valence-corrected chi connectivity index (χ0v) is 13.1. The Kier molecular flexibility index (Phi) is 5.04. The highest BCUT2D eigenvalue weighted by molar-refractivity contribution is 5.80. The molecule has 0 aromatic carbocycles. The van der Waals surface area contributed by atoms with Gasteiger partial charge in [0.2, 0.25) is 0 Å². The largest absolute Gasteiger partial charge is 0.468 e. The first-order valence-corrected chi connectivity index (χ1v) is 7.66. The molecule has 0 spiro atoms. The quantitative estimate of drug-likeness (QED) is 0.742. The highest BCUT2D eigenvalue weighted by atomic mass is 16.5. The van der Waals surface area contributed by atoms with Crippen molar-refractivity contribution < 1.29 is 14.3 Å². The third-order valence-corrected chi connectivity index (χ3v) is 4.37. The first-order valence-electron chi connectivity index (χ1n) is 7.66. The van der Waals surface area contributed by atoms with E-state index in [1.54, 1.807) is 0 Å². The predicted octanol–water partition coefficient (Wildman–Crippen LogP) is 1.17. The van der Waals surface area contributed by atoms with Crippen molar-refractivity contribution in [1.29, 1.82) is 0 Å². The molecule has 1 saturated heterocycles. The van der Waals surface area contributed by atoms with E-state index in [0.717, 1.165) is 39.0 Å². The summed E-state index contributed by atoms with van der Waals surface area (Å²) in [5, 5.41) is 3.45. The van der Waals surface area contributed by atoms with E-state index in [1.807, 2.05) is 6.92 Å². The normalized spacial score (nSPS) is 30.8.